The van der Waals surface area contributed by atoms with Crippen LogP contribution in [0.25, 0.3) is 11.3 Å². The van der Waals surface area contributed by atoms with Crippen molar-refractivity contribution in [2.75, 3.05) is 6.54 Å². The molecule has 2 unspecified atom stereocenters. The molecule has 0 N–H and O–H groups in total. The average Bonchev–Trinajstić information content (AvgIpc) is 3.04. The van der Waals surface area contributed by atoms with Gasteiger partial charge in [-0.25, -0.2) is 0 Å². The van der Waals surface area contributed by atoms with E-state index in [1.165, 1.54) is 6.42 Å². The van der Waals surface area contributed by atoms with Crippen molar-refractivity contribution in [1.82, 2.24) is 14.7 Å². The molecule has 1 aromatic carbocycles. The third kappa shape index (κ3) is 2.88. The van der Waals surface area contributed by atoms with Crippen LogP contribution in [0.5, 0.6) is 0 Å². The van der Waals surface area contributed by atoms with Crippen LogP contribution in [0, 0.1) is 10.8 Å². The van der Waals surface area contributed by atoms with Gasteiger partial charge in [0.25, 0.3) is 5.91 Å². The van der Waals surface area contributed by atoms with Crippen molar-refractivity contribution in [2.24, 2.45) is 17.9 Å². The molecule has 2 aromatic rings. The van der Waals surface area contributed by atoms with E-state index in [1.54, 1.807) is 4.68 Å². The van der Waals surface area contributed by atoms with Crippen molar-refractivity contribution in [2.45, 2.75) is 46.1 Å². The summed E-state index contributed by atoms with van der Waals surface area (Å²) in [5, 5.41) is 4.57. The van der Waals surface area contributed by atoms with Crippen LogP contribution >= 0.6 is 0 Å². The molecule has 0 spiro atoms. The smallest absolute Gasteiger partial charge is 0.272 e. The maximum atomic E-state index is 13.3. The molecule has 2 heterocycles. The highest BCUT2D eigenvalue weighted by Gasteiger charge is 2.51. The maximum absolute atomic E-state index is 13.3. The highest BCUT2D eigenvalue weighted by atomic mass is 16.2. The molecule has 2 bridgehead atoms. The van der Waals surface area contributed by atoms with Crippen LogP contribution in [0.1, 0.15) is 50.5 Å². The number of amides is 1. The zero-order valence-corrected chi connectivity index (χ0v) is 15.6. The van der Waals surface area contributed by atoms with E-state index in [2.05, 4.69) is 30.8 Å². The van der Waals surface area contributed by atoms with Gasteiger partial charge >= 0.3 is 0 Å². The molecule has 25 heavy (non-hydrogen) atoms. The van der Waals surface area contributed by atoms with Gasteiger partial charge < -0.3 is 4.90 Å². The van der Waals surface area contributed by atoms with Crippen molar-refractivity contribution in [3.63, 3.8) is 0 Å². The maximum Gasteiger partial charge on any atom is 0.272 e. The zero-order valence-electron chi connectivity index (χ0n) is 15.6. The van der Waals surface area contributed by atoms with E-state index in [0.29, 0.717) is 17.2 Å². The number of likely N-dealkylation sites (tertiary alicyclic amines) is 1. The summed E-state index contributed by atoms with van der Waals surface area (Å²) in [6, 6.07) is 12.3. The number of carbonyl (C=O) groups excluding carboxylic acids is 1. The number of fused-ring (bicyclic) bond motifs is 2. The minimum absolute atomic E-state index is 0.128. The lowest BCUT2D eigenvalue weighted by molar-refractivity contribution is 0.0697. The first kappa shape index (κ1) is 16.4. The van der Waals surface area contributed by atoms with E-state index in [9.17, 15) is 4.79 Å². The number of benzene rings is 1. The third-order valence-electron chi connectivity index (χ3n) is 5.84. The molecule has 1 saturated heterocycles. The van der Waals surface area contributed by atoms with Crippen LogP contribution in [0.4, 0.5) is 0 Å². The second kappa shape index (κ2) is 5.45. The van der Waals surface area contributed by atoms with Gasteiger partial charge in [-0.1, -0.05) is 51.1 Å². The fraction of sp³-hybridized carbons (Fsp3) is 0.524. The third-order valence-corrected chi connectivity index (χ3v) is 5.84. The summed E-state index contributed by atoms with van der Waals surface area (Å²) >= 11 is 0. The number of hydrogen-bond donors (Lipinski definition) is 0. The fourth-order valence-electron chi connectivity index (χ4n) is 5.26. The topological polar surface area (TPSA) is 38.1 Å². The Kier molecular flexibility index (Phi) is 3.57. The standard InChI is InChI=1S/C21H27N3O/c1-20(2)11-16-12-21(3,13-20)14-24(16)19(25)18-10-17(22-23(18)4)15-8-6-5-7-9-15/h5-10,16H,11-14H2,1-4H3. The van der Waals surface area contributed by atoms with Crippen molar-refractivity contribution in [3.05, 3.63) is 42.1 Å². The Morgan fingerprint density at radius 3 is 2.60 bits per heavy atom. The predicted molar refractivity (Wildman–Crippen MR) is 99.2 cm³/mol. The lowest BCUT2D eigenvalue weighted by atomic mass is 9.65. The first-order valence-electron chi connectivity index (χ1n) is 9.17. The lowest BCUT2D eigenvalue weighted by Gasteiger charge is -2.39. The van der Waals surface area contributed by atoms with Gasteiger partial charge in [-0.05, 0) is 36.2 Å². The number of nitrogens with zero attached hydrogens (tertiary/aromatic N) is 3. The Morgan fingerprint density at radius 2 is 1.88 bits per heavy atom. The average molecular weight is 337 g/mol. The summed E-state index contributed by atoms with van der Waals surface area (Å²) in [4.78, 5) is 15.4. The van der Waals surface area contributed by atoms with Crippen LogP contribution in [0.15, 0.2) is 36.4 Å². The van der Waals surface area contributed by atoms with Crippen molar-refractivity contribution in [3.8, 4) is 11.3 Å². The van der Waals surface area contributed by atoms with E-state index >= 15 is 0 Å². The van der Waals surface area contributed by atoms with E-state index < -0.39 is 0 Å². The van der Waals surface area contributed by atoms with Crippen LogP contribution in [0.3, 0.4) is 0 Å². The second-order valence-electron chi connectivity index (χ2n) is 9.05. The van der Waals surface area contributed by atoms with Gasteiger partial charge in [-0.3, -0.25) is 9.48 Å². The Morgan fingerprint density at radius 1 is 1.16 bits per heavy atom. The van der Waals surface area contributed by atoms with Crippen LogP contribution in [-0.2, 0) is 7.05 Å². The van der Waals surface area contributed by atoms with Gasteiger partial charge in [0, 0.05) is 25.2 Å². The molecule has 0 radical (unpaired) electrons. The highest BCUT2D eigenvalue weighted by molar-refractivity contribution is 5.94. The predicted octanol–water partition coefficient (Wildman–Crippen LogP) is 4.13. The second-order valence-corrected chi connectivity index (χ2v) is 9.05. The summed E-state index contributed by atoms with van der Waals surface area (Å²) < 4.78 is 1.74. The first-order valence-corrected chi connectivity index (χ1v) is 9.17. The van der Waals surface area contributed by atoms with E-state index in [1.807, 2.05) is 43.4 Å². The summed E-state index contributed by atoms with van der Waals surface area (Å²) in [7, 11) is 1.87. The Labute approximate surface area is 149 Å². The Bertz CT molecular complexity index is 808. The minimum atomic E-state index is 0.128. The monoisotopic (exact) mass is 337 g/mol. The molecule has 1 amide bonds. The molecular formula is C21H27N3O. The molecule has 1 aliphatic heterocycles. The molecule has 4 heteroatoms. The number of aryl methyl sites for hydroxylation is 1. The number of aromatic nitrogens is 2. The van der Waals surface area contributed by atoms with E-state index in [0.717, 1.165) is 30.6 Å². The van der Waals surface area contributed by atoms with Gasteiger partial charge in [0.05, 0.1) is 5.69 Å². The van der Waals surface area contributed by atoms with Gasteiger partial charge in [0.1, 0.15) is 5.69 Å². The number of rotatable bonds is 2. The van der Waals surface area contributed by atoms with Gasteiger partial charge in [-0.2, -0.15) is 5.10 Å². The summed E-state index contributed by atoms with van der Waals surface area (Å²) in [6.45, 7) is 7.88. The molecular weight excluding hydrogens is 310 g/mol. The normalized spacial score (nSPS) is 27.5. The quantitative estimate of drug-likeness (QED) is 0.826. The molecule has 4 rings (SSSR count). The van der Waals surface area contributed by atoms with Crippen molar-refractivity contribution >= 4 is 5.91 Å². The molecule has 132 valence electrons. The van der Waals surface area contributed by atoms with E-state index in [4.69, 9.17) is 0 Å². The summed E-state index contributed by atoms with van der Waals surface area (Å²) in [6.07, 6.45) is 3.42. The molecule has 2 aliphatic rings. The Hall–Kier alpha value is -2.10. The number of carbonyl (C=O) groups is 1. The molecule has 1 aliphatic carbocycles. The molecule has 2 fully saturated rings. The fourth-order valence-corrected chi connectivity index (χ4v) is 5.26. The number of hydrogen-bond acceptors (Lipinski definition) is 2. The SMILES string of the molecule is Cn1nc(-c2ccccc2)cc1C(=O)N1CC2(C)CC1CC(C)(C)C2. The minimum Gasteiger partial charge on any atom is -0.334 e. The lowest BCUT2D eigenvalue weighted by Crippen LogP contribution is -2.38. The highest BCUT2D eigenvalue weighted by Crippen LogP contribution is 2.52. The summed E-state index contributed by atoms with van der Waals surface area (Å²) in [5.41, 5.74) is 3.16. The van der Waals surface area contributed by atoms with Crippen LogP contribution in [0.2, 0.25) is 0 Å². The zero-order chi connectivity index (χ0) is 17.8. The molecule has 4 nitrogen and oxygen atoms in total. The van der Waals surface area contributed by atoms with Crippen molar-refractivity contribution in [1.29, 1.82) is 0 Å². The first-order chi connectivity index (χ1) is 11.8. The largest absolute Gasteiger partial charge is 0.334 e. The molecule has 1 aromatic heterocycles. The van der Waals surface area contributed by atoms with Gasteiger partial charge in [-0.15, -0.1) is 0 Å². The van der Waals surface area contributed by atoms with Gasteiger partial charge in [0.15, 0.2) is 0 Å². The van der Waals surface area contributed by atoms with Gasteiger partial charge in [0.2, 0.25) is 0 Å². The summed E-state index contributed by atoms with van der Waals surface area (Å²) in [5.74, 6) is 0.128. The Balaban J connectivity index is 1.63. The van der Waals surface area contributed by atoms with E-state index in [-0.39, 0.29) is 11.3 Å². The molecule has 1 saturated carbocycles. The van der Waals surface area contributed by atoms with Crippen molar-refractivity contribution < 1.29 is 4.79 Å². The molecule has 2 atom stereocenters. The van der Waals surface area contributed by atoms with Crippen LogP contribution < -0.4 is 0 Å². The van der Waals surface area contributed by atoms with Crippen LogP contribution in [-0.4, -0.2) is 33.2 Å².